The summed E-state index contributed by atoms with van der Waals surface area (Å²) in [5.41, 5.74) is 0.526. The lowest BCUT2D eigenvalue weighted by Crippen LogP contribution is -2.34. The van der Waals surface area contributed by atoms with Crippen molar-refractivity contribution >= 4 is 11.9 Å². The highest BCUT2D eigenvalue weighted by molar-refractivity contribution is 5.89. The lowest BCUT2D eigenvalue weighted by molar-refractivity contribution is -0.0209. The second-order valence-electron chi connectivity index (χ2n) is 9.24. The molecule has 8 atom stereocenters. The summed E-state index contributed by atoms with van der Waals surface area (Å²) in [5.74, 6) is -1.33. The first kappa shape index (κ1) is 28.7. The van der Waals surface area contributed by atoms with Crippen LogP contribution in [0.15, 0.2) is 48.5 Å². The number of hydrogen-bond donors (Lipinski definition) is 6. The second kappa shape index (κ2) is 12.7. The van der Waals surface area contributed by atoms with Gasteiger partial charge in [0.05, 0.1) is 37.6 Å². The van der Waals surface area contributed by atoms with Gasteiger partial charge >= 0.3 is 11.9 Å². The molecule has 4 heterocycles. The highest BCUT2D eigenvalue weighted by Crippen LogP contribution is 2.29. The van der Waals surface area contributed by atoms with Gasteiger partial charge in [0, 0.05) is 0 Å². The van der Waals surface area contributed by atoms with E-state index in [2.05, 4.69) is 0 Å². The van der Waals surface area contributed by atoms with Crippen molar-refractivity contribution in [3.8, 4) is 11.5 Å². The zero-order valence-corrected chi connectivity index (χ0v) is 20.6. The van der Waals surface area contributed by atoms with Gasteiger partial charge in [0.25, 0.3) is 0 Å². The van der Waals surface area contributed by atoms with Gasteiger partial charge in [-0.1, -0.05) is 0 Å². The molecule has 0 bridgehead atoms. The first-order chi connectivity index (χ1) is 18.6. The standard InChI is InChI=1S/C13H14O6.C7H6O3.C6H10O4/c14-8-3-1-7(2-4-8)13(16)19-10-6-18-11-9(15)5-17-12(10)11;8-6-3-1-5(2-4-6)7(9)10;7-3-1-9-6-4(8)2-10-5(3)6/h1-4,9-12,14-15H,5-6H2;1-4,8H,(H,9,10);3-8H,1-2H2/t9-,10-,11?,12?;;3-,4-,5?,6?/m0.0/s1. The molecular formula is C26H30O13. The van der Waals surface area contributed by atoms with Crippen LogP contribution in [0.2, 0.25) is 0 Å². The van der Waals surface area contributed by atoms with Crippen LogP contribution in [-0.4, -0.2) is 118 Å². The van der Waals surface area contributed by atoms with Gasteiger partial charge in [-0.25, -0.2) is 9.59 Å². The van der Waals surface area contributed by atoms with Gasteiger partial charge in [-0.3, -0.25) is 0 Å². The van der Waals surface area contributed by atoms with Crippen LogP contribution < -0.4 is 0 Å². The Morgan fingerprint density at radius 3 is 1.46 bits per heavy atom. The molecule has 0 saturated carbocycles. The highest BCUT2D eigenvalue weighted by Gasteiger charge is 2.49. The van der Waals surface area contributed by atoms with Crippen molar-refractivity contribution in [3.63, 3.8) is 0 Å². The second-order valence-corrected chi connectivity index (χ2v) is 9.24. The van der Waals surface area contributed by atoms with E-state index in [1.807, 2.05) is 0 Å². The third kappa shape index (κ3) is 7.02. The molecule has 4 saturated heterocycles. The fourth-order valence-corrected chi connectivity index (χ4v) is 4.41. The number of rotatable bonds is 3. The number of phenolic OH excluding ortho intramolecular Hbond substituents is 2. The molecule has 13 nitrogen and oxygen atoms in total. The molecule has 0 amide bonds. The summed E-state index contributed by atoms with van der Waals surface area (Å²) >= 11 is 0. The third-order valence-electron chi connectivity index (χ3n) is 6.46. The first-order valence-electron chi connectivity index (χ1n) is 12.2. The van der Waals surface area contributed by atoms with Gasteiger partial charge in [-0.05, 0) is 48.5 Å². The maximum absolute atomic E-state index is 11.9. The van der Waals surface area contributed by atoms with Gasteiger partial charge in [0.15, 0.2) is 6.10 Å². The number of fused-ring (bicyclic) bond motifs is 2. The number of carboxylic acids is 1. The van der Waals surface area contributed by atoms with E-state index in [-0.39, 0.29) is 55.7 Å². The summed E-state index contributed by atoms with van der Waals surface area (Å²) in [4.78, 5) is 22.1. The zero-order chi connectivity index (χ0) is 28.1. The predicted octanol–water partition coefficient (Wildman–Crippen LogP) is -0.328. The van der Waals surface area contributed by atoms with Crippen molar-refractivity contribution in [1.82, 2.24) is 0 Å². The first-order valence-corrected chi connectivity index (χ1v) is 12.2. The molecule has 39 heavy (non-hydrogen) atoms. The van der Waals surface area contributed by atoms with Crippen molar-refractivity contribution in [1.29, 1.82) is 0 Å². The quantitative estimate of drug-likeness (QED) is 0.272. The minimum absolute atomic E-state index is 0.0741. The van der Waals surface area contributed by atoms with Crippen molar-refractivity contribution in [2.75, 3.05) is 26.4 Å². The van der Waals surface area contributed by atoms with Gasteiger partial charge in [-0.15, -0.1) is 0 Å². The topological polar surface area (TPSA) is 202 Å². The van der Waals surface area contributed by atoms with Crippen LogP contribution in [0, 0.1) is 0 Å². The van der Waals surface area contributed by atoms with Crippen LogP contribution in [0.1, 0.15) is 20.7 Å². The highest BCUT2D eigenvalue weighted by atomic mass is 16.6. The van der Waals surface area contributed by atoms with Gasteiger partial charge < -0.3 is 54.3 Å². The Kier molecular flexibility index (Phi) is 9.35. The molecule has 4 aliphatic heterocycles. The number of ether oxygens (including phenoxy) is 5. The van der Waals surface area contributed by atoms with E-state index < -0.39 is 48.6 Å². The van der Waals surface area contributed by atoms with Gasteiger partial charge in [0.1, 0.15) is 54.2 Å². The number of carbonyl (C=O) groups is 2. The number of carboxylic acid groups (broad SMARTS) is 1. The molecule has 4 aliphatic rings. The van der Waals surface area contributed by atoms with E-state index >= 15 is 0 Å². The number of benzene rings is 2. The van der Waals surface area contributed by atoms with E-state index in [1.54, 1.807) is 0 Å². The average molecular weight is 551 g/mol. The van der Waals surface area contributed by atoms with Crippen molar-refractivity contribution in [3.05, 3.63) is 59.7 Å². The molecule has 4 fully saturated rings. The number of esters is 1. The van der Waals surface area contributed by atoms with E-state index in [9.17, 15) is 14.7 Å². The fraction of sp³-hybridized carbons (Fsp3) is 0.462. The van der Waals surface area contributed by atoms with E-state index in [4.69, 9.17) is 49.2 Å². The number of carbonyl (C=O) groups excluding carboxylic acids is 1. The summed E-state index contributed by atoms with van der Waals surface area (Å²) in [7, 11) is 0. The van der Waals surface area contributed by atoms with Crippen LogP contribution in [0.3, 0.4) is 0 Å². The fourth-order valence-electron chi connectivity index (χ4n) is 4.41. The third-order valence-corrected chi connectivity index (χ3v) is 6.46. The summed E-state index contributed by atoms with van der Waals surface area (Å²) in [5, 5.41) is 54.2. The van der Waals surface area contributed by atoms with Crippen molar-refractivity contribution < 1.29 is 63.9 Å². The Balaban J connectivity index is 0.000000149. The molecule has 6 rings (SSSR count). The van der Waals surface area contributed by atoms with E-state index in [0.29, 0.717) is 5.56 Å². The Hall–Kier alpha value is -3.30. The minimum atomic E-state index is -0.986. The Morgan fingerprint density at radius 1 is 0.615 bits per heavy atom. The van der Waals surface area contributed by atoms with E-state index in [1.165, 1.54) is 48.5 Å². The van der Waals surface area contributed by atoms with E-state index in [0.717, 1.165) is 0 Å². The molecule has 4 unspecified atom stereocenters. The number of hydrogen-bond acceptors (Lipinski definition) is 12. The maximum atomic E-state index is 11.9. The molecule has 6 N–H and O–H groups in total. The Morgan fingerprint density at radius 2 is 1.00 bits per heavy atom. The number of aliphatic hydroxyl groups is 3. The number of aliphatic hydroxyl groups excluding tert-OH is 3. The normalized spacial score (nSPS) is 32.2. The maximum Gasteiger partial charge on any atom is 0.338 e. The smallest absolute Gasteiger partial charge is 0.338 e. The molecule has 212 valence electrons. The number of phenols is 2. The predicted molar refractivity (Wildman–Crippen MR) is 129 cm³/mol. The lowest BCUT2D eigenvalue weighted by atomic mass is 10.1. The Labute approximate surface area is 222 Å². The summed E-state index contributed by atoms with van der Waals surface area (Å²) < 4.78 is 26.2. The number of aromatic hydroxyl groups is 2. The monoisotopic (exact) mass is 550 g/mol. The molecular weight excluding hydrogens is 520 g/mol. The zero-order valence-electron chi connectivity index (χ0n) is 20.6. The molecule has 2 aromatic carbocycles. The van der Waals surface area contributed by atoms with Crippen LogP contribution in [0.5, 0.6) is 11.5 Å². The van der Waals surface area contributed by atoms with Crippen molar-refractivity contribution in [2.24, 2.45) is 0 Å². The van der Waals surface area contributed by atoms with Crippen LogP contribution in [0.4, 0.5) is 0 Å². The Bertz CT molecular complexity index is 1090. The molecule has 0 radical (unpaired) electrons. The number of aromatic carboxylic acids is 1. The van der Waals surface area contributed by atoms with Gasteiger partial charge in [0.2, 0.25) is 0 Å². The molecule has 0 aliphatic carbocycles. The summed E-state index contributed by atoms with van der Waals surface area (Å²) in [6.45, 7) is 0.984. The molecule has 0 spiro atoms. The molecule has 13 heteroatoms. The minimum Gasteiger partial charge on any atom is -0.508 e. The van der Waals surface area contributed by atoms with Crippen LogP contribution in [-0.2, 0) is 23.7 Å². The van der Waals surface area contributed by atoms with Crippen LogP contribution in [0.25, 0.3) is 0 Å². The van der Waals surface area contributed by atoms with Crippen molar-refractivity contribution in [2.45, 2.75) is 48.8 Å². The molecule has 0 aromatic heterocycles. The SMILES string of the molecule is O=C(O)c1ccc(O)cc1.O=C(O[C@H]1COC2C1OC[C@@H]2O)c1ccc(O)cc1.O[C@H]1COC2C1OC[C@@H]2O. The summed E-state index contributed by atoms with van der Waals surface area (Å²) in [6.07, 6.45) is -3.70. The largest absolute Gasteiger partial charge is 0.508 e. The van der Waals surface area contributed by atoms with Crippen LogP contribution >= 0.6 is 0 Å². The average Bonchev–Trinajstić information content (AvgIpc) is 3.68. The molecule has 2 aromatic rings. The lowest BCUT2D eigenvalue weighted by Gasteiger charge is -2.16. The van der Waals surface area contributed by atoms with Gasteiger partial charge in [-0.2, -0.15) is 0 Å². The summed E-state index contributed by atoms with van der Waals surface area (Å²) in [6, 6.07) is 11.2.